The number of Topliss-reactive ketones (excluding diaryl/α,β-unsaturated/α-hetero) is 1. The molecule has 0 saturated carbocycles. The number of hydrogen-bond acceptors (Lipinski definition) is 5. The molecule has 3 rings (SSSR count). The van der Waals surface area contributed by atoms with Crippen molar-refractivity contribution < 1.29 is 4.79 Å². The zero-order valence-corrected chi connectivity index (χ0v) is 14.8. The Morgan fingerprint density at radius 2 is 2.26 bits per heavy atom. The second-order valence-corrected chi connectivity index (χ2v) is 8.08. The Hall–Kier alpha value is -1.53. The molecule has 0 spiro atoms. The van der Waals surface area contributed by atoms with Crippen LogP contribution in [0.3, 0.4) is 0 Å². The predicted octanol–water partition coefficient (Wildman–Crippen LogP) is 3.33. The Balaban J connectivity index is 1.68. The molecular formula is C17H24N4OS. The van der Waals surface area contributed by atoms with Crippen molar-refractivity contribution in [1.82, 2.24) is 19.7 Å². The average molecular weight is 332 g/mol. The summed E-state index contributed by atoms with van der Waals surface area (Å²) in [6.45, 7) is 8.19. The van der Waals surface area contributed by atoms with E-state index in [0.717, 1.165) is 36.6 Å². The van der Waals surface area contributed by atoms with Crippen LogP contribution in [0.1, 0.15) is 55.5 Å². The predicted molar refractivity (Wildman–Crippen MR) is 91.7 cm³/mol. The van der Waals surface area contributed by atoms with Crippen LogP contribution in [0.25, 0.3) is 0 Å². The molecule has 1 aliphatic heterocycles. The SMILES string of the molecule is CC(C)(C)n1ncnc1CN1CCCC1CC(=O)c1cccs1. The number of carbonyl (C=O) groups excluding carboxylic acids is 1. The molecule has 0 radical (unpaired) electrons. The first-order valence-corrected chi connectivity index (χ1v) is 9.03. The molecular weight excluding hydrogens is 308 g/mol. The highest BCUT2D eigenvalue weighted by molar-refractivity contribution is 7.12. The smallest absolute Gasteiger partial charge is 0.174 e. The second-order valence-electron chi connectivity index (χ2n) is 7.13. The van der Waals surface area contributed by atoms with Crippen molar-refractivity contribution in [2.45, 2.75) is 58.2 Å². The van der Waals surface area contributed by atoms with Gasteiger partial charge in [-0.1, -0.05) is 6.07 Å². The van der Waals surface area contributed by atoms with E-state index in [-0.39, 0.29) is 11.3 Å². The maximum atomic E-state index is 12.4. The molecule has 0 bridgehead atoms. The van der Waals surface area contributed by atoms with Crippen molar-refractivity contribution in [3.8, 4) is 0 Å². The number of likely N-dealkylation sites (tertiary alicyclic amines) is 1. The van der Waals surface area contributed by atoms with Gasteiger partial charge >= 0.3 is 0 Å². The first-order valence-electron chi connectivity index (χ1n) is 8.15. The summed E-state index contributed by atoms with van der Waals surface area (Å²) in [5.41, 5.74) is -0.0756. The largest absolute Gasteiger partial charge is 0.293 e. The van der Waals surface area contributed by atoms with Crippen LogP contribution in [-0.4, -0.2) is 38.0 Å². The van der Waals surface area contributed by atoms with Crippen LogP contribution in [0, 0.1) is 0 Å². The molecule has 1 fully saturated rings. The molecule has 0 amide bonds. The number of carbonyl (C=O) groups is 1. The molecule has 5 nitrogen and oxygen atoms in total. The fourth-order valence-electron chi connectivity index (χ4n) is 3.20. The molecule has 1 unspecified atom stereocenters. The van der Waals surface area contributed by atoms with E-state index in [1.165, 1.54) is 11.3 Å². The van der Waals surface area contributed by atoms with Crippen LogP contribution in [0.15, 0.2) is 23.8 Å². The van der Waals surface area contributed by atoms with Crippen molar-refractivity contribution in [3.63, 3.8) is 0 Å². The van der Waals surface area contributed by atoms with Gasteiger partial charge in [0.25, 0.3) is 0 Å². The Morgan fingerprint density at radius 1 is 1.43 bits per heavy atom. The van der Waals surface area contributed by atoms with E-state index in [9.17, 15) is 4.79 Å². The number of aromatic nitrogens is 3. The quantitative estimate of drug-likeness (QED) is 0.788. The summed E-state index contributed by atoms with van der Waals surface area (Å²) in [6.07, 6.45) is 4.46. The first-order chi connectivity index (χ1) is 10.9. The van der Waals surface area contributed by atoms with Crippen LogP contribution in [0.2, 0.25) is 0 Å². The van der Waals surface area contributed by atoms with Gasteiger partial charge < -0.3 is 0 Å². The highest BCUT2D eigenvalue weighted by Crippen LogP contribution is 2.25. The third-order valence-corrected chi connectivity index (χ3v) is 5.23. The van der Waals surface area contributed by atoms with Gasteiger partial charge in [0.15, 0.2) is 5.78 Å². The fourth-order valence-corrected chi connectivity index (χ4v) is 3.88. The third-order valence-electron chi connectivity index (χ3n) is 4.31. The molecule has 0 aliphatic carbocycles. The molecule has 23 heavy (non-hydrogen) atoms. The molecule has 1 atom stereocenters. The lowest BCUT2D eigenvalue weighted by Crippen LogP contribution is -2.34. The number of ketones is 1. The molecule has 124 valence electrons. The van der Waals surface area contributed by atoms with Crippen LogP contribution in [0.5, 0.6) is 0 Å². The Labute approximate surface area is 141 Å². The van der Waals surface area contributed by atoms with Gasteiger partial charge in [-0.3, -0.25) is 9.69 Å². The lowest BCUT2D eigenvalue weighted by molar-refractivity contribution is 0.0939. The van der Waals surface area contributed by atoms with Crippen molar-refractivity contribution in [3.05, 3.63) is 34.5 Å². The summed E-state index contributed by atoms with van der Waals surface area (Å²) >= 11 is 1.53. The lowest BCUT2D eigenvalue weighted by Gasteiger charge is -2.26. The van der Waals surface area contributed by atoms with Gasteiger partial charge in [-0.05, 0) is 51.6 Å². The monoisotopic (exact) mass is 332 g/mol. The van der Waals surface area contributed by atoms with Crippen LogP contribution >= 0.6 is 11.3 Å². The van der Waals surface area contributed by atoms with Gasteiger partial charge in [0.1, 0.15) is 12.2 Å². The van der Waals surface area contributed by atoms with Crippen molar-refractivity contribution in [2.24, 2.45) is 0 Å². The minimum Gasteiger partial charge on any atom is -0.293 e. The summed E-state index contributed by atoms with van der Waals surface area (Å²) in [4.78, 5) is 20.1. The highest BCUT2D eigenvalue weighted by Gasteiger charge is 2.29. The van der Waals surface area contributed by atoms with E-state index in [4.69, 9.17) is 0 Å². The van der Waals surface area contributed by atoms with Crippen LogP contribution in [0.4, 0.5) is 0 Å². The summed E-state index contributed by atoms with van der Waals surface area (Å²) in [5.74, 6) is 1.24. The minimum atomic E-state index is -0.0756. The Bertz CT molecular complexity index is 656. The van der Waals surface area contributed by atoms with Gasteiger partial charge in [-0.15, -0.1) is 11.3 Å². The second kappa shape index (κ2) is 6.53. The summed E-state index contributed by atoms with van der Waals surface area (Å²) in [6, 6.07) is 4.17. The number of thiophene rings is 1. The fraction of sp³-hybridized carbons (Fsp3) is 0.588. The van der Waals surface area contributed by atoms with Gasteiger partial charge in [-0.25, -0.2) is 9.67 Å². The standard InChI is InChI=1S/C17H24N4OS/c1-17(2,3)21-16(18-12-19-21)11-20-8-4-6-13(20)10-14(22)15-7-5-9-23-15/h5,7,9,12-13H,4,6,8,10-11H2,1-3H3. The average Bonchev–Trinajstić information content (AvgIpc) is 3.19. The van der Waals surface area contributed by atoms with E-state index in [0.29, 0.717) is 12.5 Å². The molecule has 2 aromatic rings. The number of nitrogens with zero attached hydrogens (tertiary/aromatic N) is 4. The molecule has 0 N–H and O–H groups in total. The minimum absolute atomic E-state index is 0.0756. The Kier molecular flexibility index (Phi) is 4.64. The van der Waals surface area contributed by atoms with Crippen molar-refractivity contribution in [1.29, 1.82) is 0 Å². The van der Waals surface area contributed by atoms with Crippen molar-refractivity contribution in [2.75, 3.05) is 6.54 Å². The summed E-state index contributed by atoms with van der Waals surface area (Å²) < 4.78 is 1.99. The van der Waals surface area contributed by atoms with Crippen molar-refractivity contribution >= 4 is 17.1 Å². The maximum Gasteiger partial charge on any atom is 0.174 e. The highest BCUT2D eigenvalue weighted by atomic mass is 32.1. The van der Waals surface area contributed by atoms with Crippen LogP contribution < -0.4 is 0 Å². The van der Waals surface area contributed by atoms with Crippen LogP contribution in [-0.2, 0) is 12.1 Å². The lowest BCUT2D eigenvalue weighted by atomic mass is 10.1. The van der Waals surface area contributed by atoms with E-state index < -0.39 is 0 Å². The molecule has 0 aromatic carbocycles. The van der Waals surface area contributed by atoms with E-state index in [2.05, 4.69) is 35.8 Å². The number of hydrogen-bond donors (Lipinski definition) is 0. The van der Waals surface area contributed by atoms with Gasteiger partial charge in [0.2, 0.25) is 0 Å². The topological polar surface area (TPSA) is 51.0 Å². The molecule has 6 heteroatoms. The first kappa shape index (κ1) is 16.3. The molecule has 1 aliphatic rings. The van der Waals surface area contributed by atoms with Gasteiger partial charge in [-0.2, -0.15) is 5.10 Å². The zero-order valence-electron chi connectivity index (χ0n) is 14.0. The summed E-state index contributed by atoms with van der Waals surface area (Å²) in [7, 11) is 0. The Morgan fingerprint density at radius 3 is 2.96 bits per heavy atom. The van der Waals surface area contributed by atoms with Gasteiger partial charge in [0.05, 0.1) is 17.0 Å². The maximum absolute atomic E-state index is 12.4. The van der Waals surface area contributed by atoms with E-state index >= 15 is 0 Å². The van der Waals surface area contributed by atoms with Gasteiger partial charge in [0, 0.05) is 12.5 Å². The molecule has 1 saturated heterocycles. The van der Waals surface area contributed by atoms with E-state index in [1.54, 1.807) is 6.33 Å². The third kappa shape index (κ3) is 3.70. The summed E-state index contributed by atoms with van der Waals surface area (Å²) in [5, 5.41) is 6.33. The molecule has 3 heterocycles. The normalized spacial score (nSPS) is 19.3. The molecule has 2 aromatic heterocycles. The van der Waals surface area contributed by atoms with E-state index in [1.807, 2.05) is 22.2 Å². The zero-order chi connectivity index (χ0) is 16.4. The number of rotatable bonds is 5.